The van der Waals surface area contributed by atoms with Crippen molar-refractivity contribution in [3.8, 4) is 5.82 Å². The van der Waals surface area contributed by atoms with Crippen LogP contribution in [-0.2, 0) is 6.42 Å². The standard InChI is InChI=1S/C11H15N7O/c1-2-3-8-10(17-13)14-6-15-11(8)18-5-7(4-16-18)9(12)19/h4-6H,2-3,13H2,1H3,(H2,12,19)(H,14,15,17). The van der Waals surface area contributed by atoms with E-state index in [2.05, 4.69) is 20.5 Å². The summed E-state index contributed by atoms with van der Waals surface area (Å²) in [4.78, 5) is 19.3. The summed E-state index contributed by atoms with van der Waals surface area (Å²) in [7, 11) is 0. The molecule has 8 nitrogen and oxygen atoms in total. The molecule has 5 N–H and O–H groups in total. The highest BCUT2D eigenvalue weighted by Gasteiger charge is 2.14. The molecule has 0 radical (unpaired) electrons. The number of nitrogens with zero attached hydrogens (tertiary/aromatic N) is 4. The van der Waals surface area contributed by atoms with Gasteiger partial charge in [-0.2, -0.15) is 5.10 Å². The van der Waals surface area contributed by atoms with E-state index in [1.807, 2.05) is 6.92 Å². The Balaban J connectivity index is 2.50. The molecule has 8 heteroatoms. The molecule has 2 aromatic heterocycles. The van der Waals surface area contributed by atoms with Crippen molar-refractivity contribution < 1.29 is 4.79 Å². The maximum Gasteiger partial charge on any atom is 0.251 e. The lowest BCUT2D eigenvalue weighted by Crippen LogP contribution is -2.15. The van der Waals surface area contributed by atoms with E-state index in [9.17, 15) is 4.79 Å². The lowest BCUT2D eigenvalue weighted by atomic mass is 10.1. The van der Waals surface area contributed by atoms with Crippen molar-refractivity contribution in [3.05, 3.63) is 29.8 Å². The van der Waals surface area contributed by atoms with Crippen LogP contribution in [0.5, 0.6) is 0 Å². The molecule has 0 saturated carbocycles. The quantitative estimate of drug-likeness (QED) is 0.514. The summed E-state index contributed by atoms with van der Waals surface area (Å²) in [5.74, 6) is 6.03. The first kappa shape index (κ1) is 13.0. The third kappa shape index (κ3) is 2.52. The van der Waals surface area contributed by atoms with Gasteiger partial charge in [-0.15, -0.1) is 0 Å². The Kier molecular flexibility index (Phi) is 3.71. The number of hydrogen-bond acceptors (Lipinski definition) is 6. The molecule has 1 amide bonds. The van der Waals surface area contributed by atoms with Crippen LogP contribution < -0.4 is 17.0 Å². The molecule has 0 aliphatic heterocycles. The van der Waals surface area contributed by atoms with Crippen LogP contribution in [0.3, 0.4) is 0 Å². The van der Waals surface area contributed by atoms with Crippen molar-refractivity contribution >= 4 is 11.7 Å². The third-order valence-electron chi connectivity index (χ3n) is 2.64. The number of hydrazine groups is 1. The summed E-state index contributed by atoms with van der Waals surface area (Å²) in [6, 6.07) is 0. The molecule has 0 aromatic carbocycles. The monoisotopic (exact) mass is 261 g/mol. The molecule has 2 aromatic rings. The molecule has 100 valence electrons. The number of nitrogen functional groups attached to an aromatic ring is 1. The summed E-state index contributed by atoms with van der Waals surface area (Å²) in [5.41, 5.74) is 8.90. The fraction of sp³-hybridized carbons (Fsp3) is 0.273. The lowest BCUT2D eigenvalue weighted by Gasteiger charge is -2.11. The molecule has 2 heterocycles. The largest absolute Gasteiger partial charge is 0.366 e. The Morgan fingerprint density at radius 1 is 1.47 bits per heavy atom. The number of nitrogens with two attached hydrogens (primary N) is 2. The molecule has 0 fully saturated rings. The number of aromatic nitrogens is 4. The average Bonchev–Trinajstić information content (AvgIpc) is 2.89. The number of hydrogen-bond donors (Lipinski definition) is 3. The predicted octanol–water partition coefficient (Wildman–Crippen LogP) is -0.000700. The second-order valence-corrected chi connectivity index (χ2v) is 3.96. The molecule has 19 heavy (non-hydrogen) atoms. The van der Waals surface area contributed by atoms with Gasteiger partial charge in [-0.3, -0.25) is 4.79 Å². The molecule has 2 rings (SSSR count). The number of nitrogens with one attached hydrogen (secondary N) is 1. The lowest BCUT2D eigenvalue weighted by molar-refractivity contribution is 0.100. The highest BCUT2D eigenvalue weighted by atomic mass is 16.1. The van der Waals surface area contributed by atoms with Crippen LogP contribution >= 0.6 is 0 Å². The smallest absolute Gasteiger partial charge is 0.251 e. The SMILES string of the molecule is CCCc1c(NN)ncnc1-n1cc(C(N)=O)cn1. The van der Waals surface area contributed by atoms with Gasteiger partial charge in [0, 0.05) is 11.8 Å². The topological polar surface area (TPSA) is 125 Å². The molecular formula is C11H15N7O. The Labute approximate surface area is 109 Å². The summed E-state index contributed by atoms with van der Waals surface area (Å²) in [6.07, 6.45) is 5.95. The summed E-state index contributed by atoms with van der Waals surface area (Å²) >= 11 is 0. The Hall–Kier alpha value is -2.48. The van der Waals surface area contributed by atoms with E-state index in [-0.39, 0.29) is 0 Å². The zero-order chi connectivity index (χ0) is 13.8. The number of carbonyl (C=O) groups is 1. The van der Waals surface area contributed by atoms with Gasteiger partial charge in [0.05, 0.1) is 11.8 Å². The van der Waals surface area contributed by atoms with Crippen molar-refractivity contribution in [3.63, 3.8) is 0 Å². The van der Waals surface area contributed by atoms with Gasteiger partial charge in [0.25, 0.3) is 5.91 Å². The summed E-state index contributed by atoms with van der Waals surface area (Å²) < 4.78 is 1.49. The minimum absolute atomic E-state index is 0.323. The molecule has 0 aliphatic rings. The van der Waals surface area contributed by atoms with Crippen molar-refractivity contribution in [2.45, 2.75) is 19.8 Å². The first-order valence-corrected chi connectivity index (χ1v) is 5.82. The van der Waals surface area contributed by atoms with Gasteiger partial charge in [-0.1, -0.05) is 13.3 Å². The molecule has 0 bridgehead atoms. The molecule has 0 unspecified atom stereocenters. The fourth-order valence-corrected chi connectivity index (χ4v) is 1.77. The van der Waals surface area contributed by atoms with Crippen molar-refractivity contribution in [2.75, 3.05) is 5.43 Å². The normalized spacial score (nSPS) is 10.4. The number of primary amides is 1. The molecule has 0 saturated heterocycles. The van der Waals surface area contributed by atoms with Crippen LogP contribution in [0.2, 0.25) is 0 Å². The van der Waals surface area contributed by atoms with Gasteiger partial charge in [-0.25, -0.2) is 20.5 Å². The van der Waals surface area contributed by atoms with E-state index in [0.29, 0.717) is 17.2 Å². The fourth-order valence-electron chi connectivity index (χ4n) is 1.77. The van der Waals surface area contributed by atoms with Gasteiger partial charge in [-0.05, 0) is 6.42 Å². The number of amides is 1. The van der Waals surface area contributed by atoms with E-state index in [0.717, 1.165) is 18.4 Å². The van der Waals surface area contributed by atoms with Crippen LogP contribution in [0.25, 0.3) is 5.82 Å². The minimum Gasteiger partial charge on any atom is -0.366 e. The second kappa shape index (κ2) is 5.44. The van der Waals surface area contributed by atoms with E-state index in [1.165, 1.54) is 23.4 Å². The van der Waals surface area contributed by atoms with E-state index < -0.39 is 5.91 Å². The Bertz CT molecular complexity index is 592. The second-order valence-electron chi connectivity index (χ2n) is 3.96. The Morgan fingerprint density at radius 2 is 2.26 bits per heavy atom. The molecular weight excluding hydrogens is 246 g/mol. The zero-order valence-corrected chi connectivity index (χ0v) is 10.5. The van der Waals surface area contributed by atoms with Crippen LogP contribution in [0.1, 0.15) is 29.3 Å². The minimum atomic E-state index is -0.533. The highest BCUT2D eigenvalue weighted by Crippen LogP contribution is 2.19. The predicted molar refractivity (Wildman–Crippen MR) is 69.5 cm³/mol. The van der Waals surface area contributed by atoms with E-state index in [4.69, 9.17) is 11.6 Å². The van der Waals surface area contributed by atoms with Crippen molar-refractivity contribution in [1.29, 1.82) is 0 Å². The van der Waals surface area contributed by atoms with Crippen molar-refractivity contribution in [1.82, 2.24) is 19.7 Å². The third-order valence-corrected chi connectivity index (χ3v) is 2.64. The van der Waals surface area contributed by atoms with Gasteiger partial charge in [0.2, 0.25) is 0 Å². The van der Waals surface area contributed by atoms with Crippen molar-refractivity contribution in [2.24, 2.45) is 11.6 Å². The van der Waals surface area contributed by atoms with Gasteiger partial charge < -0.3 is 11.2 Å². The number of rotatable bonds is 5. The first-order valence-electron chi connectivity index (χ1n) is 5.82. The number of carbonyl (C=O) groups excluding carboxylic acids is 1. The summed E-state index contributed by atoms with van der Waals surface area (Å²) in [5, 5.41) is 4.08. The summed E-state index contributed by atoms with van der Waals surface area (Å²) in [6.45, 7) is 2.04. The number of anilines is 1. The average molecular weight is 261 g/mol. The van der Waals surface area contributed by atoms with Crippen LogP contribution in [0.4, 0.5) is 5.82 Å². The van der Waals surface area contributed by atoms with Crippen LogP contribution in [0, 0.1) is 0 Å². The zero-order valence-electron chi connectivity index (χ0n) is 10.5. The molecule has 0 atom stereocenters. The highest BCUT2D eigenvalue weighted by molar-refractivity contribution is 5.92. The van der Waals surface area contributed by atoms with Crippen LogP contribution in [-0.4, -0.2) is 25.7 Å². The maximum absolute atomic E-state index is 11.1. The Morgan fingerprint density at radius 3 is 2.84 bits per heavy atom. The molecule has 0 spiro atoms. The van der Waals surface area contributed by atoms with Gasteiger partial charge in [0.15, 0.2) is 5.82 Å². The van der Waals surface area contributed by atoms with Crippen LogP contribution in [0.15, 0.2) is 18.7 Å². The van der Waals surface area contributed by atoms with E-state index >= 15 is 0 Å². The van der Waals surface area contributed by atoms with Gasteiger partial charge >= 0.3 is 0 Å². The molecule has 0 aliphatic carbocycles. The maximum atomic E-state index is 11.1. The first-order chi connectivity index (χ1) is 9.17. The van der Waals surface area contributed by atoms with E-state index in [1.54, 1.807) is 0 Å². The van der Waals surface area contributed by atoms with Gasteiger partial charge in [0.1, 0.15) is 12.1 Å².